The number of H-pyrrole nitrogens is 1. The van der Waals surface area contributed by atoms with E-state index >= 15 is 0 Å². The number of aromatic nitrogens is 1. The maximum absolute atomic E-state index is 12.7. The van der Waals surface area contributed by atoms with Crippen LogP contribution in [0.25, 0.3) is 22.2 Å². The lowest BCUT2D eigenvalue weighted by Gasteiger charge is -2.25. The van der Waals surface area contributed by atoms with Crippen molar-refractivity contribution in [3.05, 3.63) is 94.5 Å². The Kier molecular flexibility index (Phi) is 3.92. The summed E-state index contributed by atoms with van der Waals surface area (Å²) in [6.45, 7) is 2.18. The van der Waals surface area contributed by atoms with Crippen molar-refractivity contribution in [2.75, 3.05) is 0 Å². The van der Waals surface area contributed by atoms with Gasteiger partial charge in [0.25, 0.3) is 0 Å². The number of hydrogen-bond acceptors (Lipinski definition) is 1. The Balaban J connectivity index is 1.69. The van der Waals surface area contributed by atoms with E-state index in [1.807, 2.05) is 30.3 Å². The molecule has 1 unspecified atom stereocenters. The molecule has 0 saturated carbocycles. The second kappa shape index (κ2) is 6.35. The molecule has 1 aliphatic rings. The van der Waals surface area contributed by atoms with E-state index in [1.54, 1.807) is 0 Å². The SMILES string of the molecule is CC1(Cc2c(-c3ccccc3)[nH]c3ccccc23)CC(=O)c2ccc(Cl)cc21. The quantitative estimate of drug-likeness (QED) is 0.424. The summed E-state index contributed by atoms with van der Waals surface area (Å²) in [6, 6.07) is 24.4. The van der Waals surface area contributed by atoms with Crippen LogP contribution in [0.4, 0.5) is 0 Å². The van der Waals surface area contributed by atoms with Gasteiger partial charge < -0.3 is 4.98 Å². The van der Waals surface area contributed by atoms with E-state index < -0.39 is 0 Å². The molecule has 1 heterocycles. The normalized spacial score (nSPS) is 18.6. The van der Waals surface area contributed by atoms with Gasteiger partial charge in [-0.15, -0.1) is 0 Å². The summed E-state index contributed by atoms with van der Waals surface area (Å²) < 4.78 is 0. The molecule has 28 heavy (non-hydrogen) atoms. The van der Waals surface area contributed by atoms with Crippen LogP contribution in [0.1, 0.15) is 34.8 Å². The third-order valence-corrected chi connectivity index (χ3v) is 6.16. The van der Waals surface area contributed by atoms with Gasteiger partial charge in [0.05, 0.1) is 0 Å². The summed E-state index contributed by atoms with van der Waals surface area (Å²) in [5, 5.41) is 1.90. The minimum absolute atomic E-state index is 0.204. The Labute approximate surface area is 169 Å². The van der Waals surface area contributed by atoms with Crippen LogP contribution in [-0.2, 0) is 11.8 Å². The Hall–Kier alpha value is -2.84. The average molecular weight is 386 g/mol. The predicted octanol–water partition coefficient (Wildman–Crippen LogP) is 6.58. The van der Waals surface area contributed by atoms with E-state index in [1.165, 1.54) is 10.9 Å². The third-order valence-electron chi connectivity index (χ3n) is 5.93. The Morgan fingerprint density at radius 3 is 2.57 bits per heavy atom. The van der Waals surface area contributed by atoms with Gasteiger partial charge in [0, 0.05) is 39.0 Å². The zero-order chi connectivity index (χ0) is 19.3. The van der Waals surface area contributed by atoms with E-state index in [-0.39, 0.29) is 11.2 Å². The highest BCUT2D eigenvalue weighted by Gasteiger charge is 2.40. The lowest BCUT2D eigenvalue weighted by Crippen LogP contribution is -2.22. The first-order chi connectivity index (χ1) is 13.5. The standard InChI is InChI=1S/C25H20ClNO/c1-25(15-23(28)19-12-11-17(26)13-21(19)25)14-20-18-9-5-6-10-22(18)27-24(20)16-7-3-2-4-8-16/h2-13,27H,14-15H2,1H3. The van der Waals surface area contributed by atoms with Gasteiger partial charge in [-0.05, 0) is 47.4 Å². The largest absolute Gasteiger partial charge is 0.354 e. The van der Waals surface area contributed by atoms with Crippen LogP contribution in [0.5, 0.6) is 0 Å². The molecule has 138 valence electrons. The summed E-state index contributed by atoms with van der Waals surface area (Å²) >= 11 is 6.28. The molecule has 3 aromatic carbocycles. The molecule has 1 aliphatic carbocycles. The van der Waals surface area contributed by atoms with Crippen LogP contribution in [0.3, 0.4) is 0 Å². The number of Topliss-reactive ketones (excluding diaryl/α,β-unsaturated/α-hetero) is 1. The fourth-order valence-corrected chi connectivity index (χ4v) is 4.76. The van der Waals surface area contributed by atoms with E-state index in [0.717, 1.165) is 34.3 Å². The fraction of sp³-hybridized carbons (Fsp3) is 0.160. The molecule has 1 aromatic heterocycles. The maximum Gasteiger partial charge on any atom is 0.164 e. The Bertz CT molecular complexity index is 1210. The zero-order valence-corrected chi connectivity index (χ0v) is 16.4. The molecule has 4 aromatic rings. The molecule has 0 spiro atoms. The molecule has 0 saturated heterocycles. The lowest BCUT2D eigenvalue weighted by atomic mass is 9.77. The number of carbonyl (C=O) groups is 1. The van der Waals surface area contributed by atoms with Crippen molar-refractivity contribution in [3.8, 4) is 11.3 Å². The molecule has 2 nitrogen and oxygen atoms in total. The number of aromatic amines is 1. The first-order valence-electron chi connectivity index (χ1n) is 9.53. The Morgan fingerprint density at radius 1 is 1.00 bits per heavy atom. The van der Waals surface area contributed by atoms with Crippen LogP contribution in [0.2, 0.25) is 5.02 Å². The zero-order valence-electron chi connectivity index (χ0n) is 15.6. The van der Waals surface area contributed by atoms with Crippen molar-refractivity contribution in [2.24, 2.45) is 0 Å². The lowest BCUT2D eigenvalue weighted by molar-refractivity contribution is 0.0976. The van der Waals surface area contributed by atoms with Crippen LogP contribution >= 0.6 is 11.6 Å². The number of nitrogens with one attached hydrogen (secondary N) is 1. The van der Waals surface area contributed by atoms with Gasteiger partial charge in [0.15, 0.2) is 5.78 Å². The van der Waals surface area contributed by atoms with Crippen molar-refractivity contribution >= 4 is 28.3 Å². The topological polar surface area (TPSA) is 32.9 Å². The van der Waals surface area contributed by atoms with Crippen molar-refractivity contribution < 1.29 is 4.79 Å². The maximum atomic E-state index is 12.7. The number of halogens is 1. The molecular formula is C25H20ClNO. The smallest absolute Gasteiger partial charge is 0.164 e. The van der Waals surface area contributed by atoms with E-state index in [2.05, 4.69) is 54.4 Å². The minimum Gasteiger partial charge on any atom is -0.354 e. The number of carbonyl (C=O) groups excluding carboxylic acids is 1. The summed E-state index contributed by atoms with van der Waals surface area (Å²) in [6.07, 6.45) is 1.29. The van der Waals surface area contributed by atoms with Crippen LogP contribution in [0, 0.1) is 0 Å². The number of fused-ring (bicyclic) bond motifs is 2. The molecule has 5 rings (SSSR count). The van der Waals surface area contributed by atoms with Crippen LogP contribution in [0.15, 0.2) is 72.8 Å². The van der Waals surface area contributed by atoms with E-state index in [9.17, 15) is 4.79 Å². The van der Waals surface area contributed by atoms with Crippen molar-refractivity contribution in [1.82, 2.24) is 4.98 Å². The fourth-order valence-electron chi connectivity index (χ4n) is 4.59. The number of benzene rings is 3. The number of rotatable bonds is 3. The highest BCUT2D eigenvalue weighted by molar-refractivity contribution is 6.30. The highest BCUT2D eigenvalue weighted by Crippen LogP contribution is 2.45. The van der Waals surface area contributed by atoms with Gasteiger partial charge in [-0.1, -0.05) is 67.1 Å². The Morgan fingerprint density at radius 2 is 1.75 bits per heavy atom. The first kappa shape index (κ1) is 17.3. The molecule has 0 fully saturated rings. The monoisotopic (exact) mass is 385 g/mol. The molecular weight excluding hydrogens is 366 g/mol. The van der Waals surface area contributed by atoms with Gasteiger partial charge in [-0.25, -0.2) is 0 Å². The molecule has 0 bridgehead atoms. The predicted molar refractivity (Wildman–Crippen MR) is 115 cm³/mol. The summed E-state index contributed by atoms with van der Waals surface area (Å²) in [5.74, 6) is 0.204. The molecule has 1 N–H and O–H groups in total. The van der Waals surface area contributed by atoms with Gasteiger partial charge in [-0.2, -0.15) is 0 Å². The third kappa shape index (κ3) is 2.68. The minimum atomic E-state index is -0.272. The van der Waals surface area contributed by atoms with Crippen molar-refractivity contribution in [1.29, 1.82) is 0 Å². The van der Waals surface area contributed by atoms with E-state index in [4.69, 9.17) is 11.6 Å². The number of ketones is 1. The number of hydrogen-bond donors (Lipinski definition) is 1. The summed E-state index contributed by atoms with van der Waals surface area (Å²) in [5.41, 5.74) is 6.27. The molecule has 0 aliphatic heterocycles. The second-order valence-electron chi connectivity index (χ2n) is 7.92. The highest BCUT2D eigenvalue weighted by atomic mass is 35.5. The summed E-state index contributed by atoms with van der Waals surface area (Å²) in [4.78, 5) is 16.3. The van der Waals surface area contributed by atoms with Gasteiger partial charge in [0.2, 0.25) is 0 Å². The van der Waals surface area contributed by atoms with Gasteiger partial charge in [0.1, 0.15) is 0 Å². The van der Waals surface area contributed by atoms with Crippen LogP contribution in [-0.4, -0.2) is 10.8 Å². The second-order valence-corrected chi connectivity index (χ2v) is 8.35. The number of para-hydroxylation sites is 1. The van der Waals surface area contributed by atoms with Gasteiger partial charge in [-0.3, -0.25) is 4.79 Å². The molecule has 3 heteroatoms. The van der Waals surface area contributed by atoms with E-state index in [0.29, 0.717) is 11.4 Å². The molecule has 0 radical (unpaired) electrons. The van der Waals surface area contributed by atoms with Crippen LogP contribution < -0.4 is 0 Å². The van der Waals surface area contributed by atoms with Gasteiger partial charge >= 0.3 is 0 Å². The summed E-state index contributed by atoms with van der Waals surface area (Å²) in [7, 11) is 0. The van der Waals surface area contributed by atoms with Crippen molar-refractivity contribution in [3.63, 3.8) is 0 Å². The average Bonchev–Trinajstić information content (AvgIpc) is 3.18. The molecule has 0 amide bonds. The van der Waals surface area contributed by atoms with Crippen molar-refractivity contribution in [2.45, 2.75) is 25.2 Å². The molecule has 1 atom stereocenters. The first-order valence-corrected chi connectivity index (χ1v) is 9.91.